The summed E-state index contributed by atoms with van der Waals surface area (Å²) in [5.41, 5.74) is 0. The second-order valence-corrected chi connectivity index (χ2v) is 5.26. The Morgan fingerprint density at radius 2 is 2.05 bits per heavy atom. The van der Waals surface area contributed by atoms with Crippen molar-refractivity contribution in [3.63, 3.8) is 0 Å². The lowest BCUT2D eigenvalue weighted by Gasteiger charge is -2.16. The maximum atomic E-state index is 13.4. The molecule has 2 unspecified atom stereocenters. The van der Waals surface area contributed by atoms with Crippen LogP contribution in [0, 0.1) is 5.82 Å². The molecule has 19 heavy (non-hydrogen) atoms. The van der Waals surface area contributed by atoms with E-state index in [0.717, 1.165) is 19.4 Å². The first-order chi connectivity index (χ1) is 9.15. The van der Waals surface area contributed by atoms with Crippen molar-refractivity contribution >= 4 is 0 Å². The molecule has 0 aromatic heterocycles. The standard InChI is InChI=1S/C15H22FNO2/c1-11(2)17-9-12-7-8-13(19-12)10-18-15-6-4-3-5-14(15)16/h3-6,11-13,17H,7-10H2,1-2H3. The zero-order valence-corrected chi connectivity index (χ0v) is 11.6. The Balaban J connectivity index is 1.72. The number of ether oxygens (including phenoxy) is 2. The SMILES string of the molecule is CC(C)NCC1CCC(COc2ccccc2F)O1. The average molecular weight is 267 g/mol. The maximum absolute atomic E-state index is 13.4. The van der Waals surface area contributed by atoms with E-state index in [1.54, 1.807) is 18.2 Å². The van der Waals surface area contributed by atoms with Crippen LogP contribution in [0.25, 0.3) is 0 Å². The lowest BCUT2D eigenvalue weighted by atomic mass is 10.2. The van der Waals surface area contributed by atoms with E-state index in [1.165, 1.54) is 6.07 Å². The molecule has 0 amide bonds. The lowest BCUT2D eigenvalue weighted by Crippen LogP contribution is -2.32. The van der Waals surface area contributed by atoms with Crippen molar-refractivity contribution < 1.29 is 13.9 Å². The van der Waals surface area contributed by atoms with E-state index in [-0.39, 0.29) is 18.0 Å². The van der Waals surface area contributed by atoms with Crippen molar-refractivity contribution in [2.75, 3.05) is 13.2 Å². The molecular formula is C15H22FNO2. The molecule has 1 fully saturated rings. The predicted octanol–water partition coefficient (Wildman–Crippen LogP) is 2.75. The molecule has 0 radical (unpaired) electrons. The van der Waals surface area contributed by atoms with Gasteiger partial charge < -0.3 is 14.8 Å². The maximum Gasteiger partial charge on any atom is 0.165 e. The highest BCUT2D eigenvalue weighted by molar-refractivity contribution is 5.23. The molecule has 1 aliphatic heterocycles. The van der Waals surface area contributed by atoms with Gasteiger partial charge in [-0.15, -0.1) is 0 Å². The molecule has 1 heterocycles. The van der Waals surface area contributed by atoms with Gasteiger partial charge in [0, 0.05) is 12.6 Å². The Bertz CT molecular complexity index is 397. The molecule has 0 saturated carbocycles. The summed E-state index contributed by atoms with van der Waals surface area (Å²) in [5.74, 6) is -0.0200. The number of nitrogens with one attached hydrogen (secondary N) is 1. The van der Waals surface area contributed by atoms with E-state index in [4.69, 9.17) is 9.47 Å². The summed E-state index contributed by atoms with van der Waals surface area (Å²) in [5, 5.41) is 3.37. The van der Waals surface area contributed by atoms with Gasteiger partial charge in [-0.2, -0.15) is 0 Å². The molecule has 0 bridgehead atoms. The minimum absolute atomic E-state index is 0.0681. The summed E-state index contributed by atoms with van der Waals surface area (Å²) in [4.78, 5) is 0. The molecule has 0 spiro atoms. The largest absolute Gasteiger partial charge is 0.488 e. The first-order valence-corrected chi connectivity index (χ1v) is 6.91. The molecule has 1 saturated heterocycles. The number of para-hydroxylation sites is 1. The number of hydrogen-bond acceptors (Lipinski definition) is 3. The van der Waals surface area contributed by atoms with E-state index < -0.39 is 0 Å². The van der Waals surface area contributed by atoms with E-state index >= 15 is 0 Å². The summed E-state index contributed by atoms with van der Waals surface area (Å²) in [7, 11) is 0. The van der Waals surface area contributed by atoms with Gasteiger partial charge in [0.15, 0.2) is 11.6 Å². The summed E-state index contributed by atoms with van der Waals surface area (Å²) in [6.07, 6.45) is 2.32. The zero-order chi connectivity index (χ0) is 13.7. The number of rotatable bonds is 6. The van der Waals surface area contributed by atoms with Crippen molar-refractivity contribution in [2.45, 2.75) is 44.9 Å². The van der Waals surface area contributed by atoms with Crippen LogP contribution in [0.1, 0.15) is 26.7 Å². The molecule has 1 aromatic carbocycles. The quantitative estimate of drug-likeness (QED) is 0.859. The smallest absolute Gasteiger partial charge is 0.165 e. The Labute approximate surface area is 114 Å². The van der Waals surface area contributed by atoms with Crippen LogP contribution in [0.15, 0.2) is 24.3 Å². The monoisotopic (exact) mass is 267 g/mol. The number of benzene rings is 1. The topological polar surface area (TPSA) is 30.5 Å². The lowest BCUT2D eigenvalue weighted by molar-refractivity contribution is 0.0171. The Morgan fingerprint density at radius 3 is 2.79 bits per heavy atom. The first-order valence-electron chi connectivity index (χ1n) is 6.91. The first kappa shape index (κ1) is 14.3. The van der Waals surface area contributed by atoms with E-state index in [0.29, 0.717) is 18.4 Å². The Hall–Kier alpha value is -1.13. The van der Waals surface area contributed by atoms with Gasteiger partial charge >= 0.3 is 0 Å². The van der Waals surface area contributed by atoms with Gasteiger partial charge in [-0.25, -0.2) is 4.39 Å². The van der Waals surface area contributed by atoms with Crippen molar-refractivity contribution in [2.24, 2.45) is 0 Å². The fraction of sp³-hybridized carbons (Fsp3) is 0.600. The van der Waals surface area contributed by atoms with Gasteiger partial charge in [0.05, 0.1) is 12.2 Å². The second kappa shape index (κ2) is 6.87. The highest BCUT2D eigenvalue weighted by Crippen LogP contribution is 2.22. The minimum atomic E-state index is -0.321. The van der Waals surface area contributed by atoms with Crippen LogP contribution in [-0.2, 0) is 4.74 Å². The molecule has 2 atom stereocenters. The molecular weight excluding hydrogens is 245 g/mol. The molecule has 2 rings (SSSR count). The summed E-state index contributed by atoms with van der Waals surface area (Å²) in [6.45, 7) is 5.52. The molecule has 3 nitrogen and oxygen atoms in total. The van der Waals surface area contributed by atoms with Gasteiger partial charge in [-0.3, -0.25) is 0 Å². The summed E-state index contributed by atoms with van der Waals surface area (Å²) in [6, 6.07) is 6.94. The molecule has 0 aliphatic carbocycles. The average Bonchev–Trinajstić information content (AvgIpc) is 2.83. The van der Waals surface area contributed by atoms with Crippen molar-refractivity contribution in [3.05, 3.63) is 30.1 Å². The van der Waals surface area contributed by atoms with Crippen molar-refractivity contribution in [3.8, 4) is 5.75 Å². The molecule has 4 heteroatoms. The molecule has 1 N–H and O–H groups in total. The third kappa shape index (κ3) is 4.48. The van der Waals surface area contributed by atoms with Crippen LogP contribution >= 0.6 is 0 Å². The fourth-order valence-corrected chi connectivity index (χ4v) is 2.16. The highest BCUT2D eigenvalue weighted by atomic mass is 19.1. The molecule has 106 valence electrons. The van der Waals surface area contributed by atoms with Crippen LogP contribution in [0.2, 0.25) is 0 Å². The van der Waals surface area contributed by atoms with Crippen LogP contribution < -0.4 is 10.1 Å². The Kier molecular flexibility index (Phi) is 5.16. The van der Waals surface area contributed by atoms with Gasteiger partial charge in [0.1, 0.15) is 6.61 Å². The van der Waals surface area contributed by atoms with Gasteiger partial charge in [-0.05, 0) is 25.0 Å². The third-order valence-corrected chi connectivity index (χ3v) is 3.21. The van der Waals surface area contributed by atoms with E-state index in [9.17, 15) is 4.39 Å². The van der Waals surface area contributed by atoms with Crippen molar-refractivity contribution in [1.29, 1.82) is 0 Å². The van der Waals surface area contributed by atoms with Crippen molar-refractivity contribution in [1.82, 2.24) is 5.32 Å². The fourth-order valence-electron chi connectivity index (χ4n) is 2.16. The molecule has 1 aliphatic rings. The minimum Gasteiger partial charge on any atom is -0.488 e. The number of hydrogen-bond donors (Lipinski definition) is 1. The van der Waals surface area contributed by atoms with Crippen LogP contribution in [-0.4, -0.2) is 31.4 Å². The van der Waals surface area contributed by atoms with Gasteiger partial charge in [0.2, 0.25) is 0 Å². The highest BCUT2D eigenvalue weighted by Gasteiger charge is 2.25. The third-order valence-electron chi connectivity index (χ3n) is 3.21. The second-order valence-electron chi connectivity index (χ2n) is 5.26. The van der Waals surface area contributed by atoms with E-state index in [2.05, 4.69) is 19.2 Å². The number of halogens is 1. The summed E-state index contributed by atoms with van der Waals surface area (Å²) < 4.78 is 24.7. The van der Waals surface area contributed by atoms with Gasteiger partial charge in [-0.1, -0.05) is 26.0 Å². The van der Waals surface area contributed by atoms with Crippen LogP contribution in [0.5, 0.6) is 5.75 Å². The van der Waals surface area contributed by atoms with Crippen LogP contribution in [0.4, 0.5) is 4.39 Å². The zero-order valence-electron chi connectivity index (χ0n) is 11.6. The predicted molar refractivity (Wildman–Crippen MR) is 72.9 cm³/mol. The van der Waals surface area contributed by atoms with Gasteiger partial charge in [0.25, 0.3) is 0 Å². The normalized spacial score (nSPS) is 22.9. The van der Waals surface area contributed by atoms with Crippen LogP contribution in [0.3, 0.4) is 0 Å². The van der Waals surface area contributed by atoms with E-state index in [1.807, 2.05) is 0 Å². The molecule has 1 aromatic rings. The summed E-state index contributed by atoms with van der Waals surface area (Å²) >= 11 is 0. The Morgan fingerprint density at radius 1 is 1.32 bits per heavy atom.